The summed E-state index contributed by atoms with van der Waals surface area (Å²) in [6, 6.07) is -0.00820. The summed E-state index contributed by atoms with van der Waals surface area (Å²) in [6.07, 6.45) is 0. The van der Waals surface area contributed by atoms with Crippen molar-refractivity contribution in [1.29, 1.82) is 0 Å². The van der Waals surface area contributed by atoms with Crippen molar-refractivity contribution in [2.75, 3.05) is 26.4 Å². The maximum Gasteiger partial charge on any atom is 1.00 e. The van der Waals surface area contributed by atoms with Crippen LogP contribution < -0.4 is 40.4 Å². The Morgan fingerprint density at radius 1 is 1.46 bits per heavy atom. The van der Waals surface area contributed by atoms with E-state index in [1.165, 1.54) is 0 Å². The van der Waals surface area contributed by atoms with Gasteiger partial charge in [0.15, 0.2) is 0 Å². The van der Waals surface area contributed by atoms with Gasteiger partial charge in [0, 0.05) is 6.04 Å². The van der Waals surface area contributed by atoms with Crippen molar-refractivity contribution in [3.63, 3.8) is 0 Å². The number of carboxylic acids is 1. The average Bonchev–Trinajstić information content (AvgIpc) is 1.95. The molecule has 0 aromatic carbocycles. The van der Waals surface area contributed by atoms with Gasteiger partial charge in [0.25, 0.3) is 0 Å². The van der Waals surface area contributed by atoms with Gasteiger partial charge in [-0.15, -0.1) is 0 Å². The molecular formula is C7H14NNaO4. The maximum absolute atomic E-state index is 9.84. The van der Waals surface area contributed by atoms with E-state index >= 15 is 0 Å². The normalized spacial score (nSPS) is 11.8. The Labute approximate surface area is 99.9 Å². The molecule has 13 heavy (non-hydrogen) atoms. The zero-order valence-corrected chi connectivity index (χ0v) is 10.1. The number of carboxylic acid groups (broad SMARTS) is 1. The number of hydrogen-bond acceptors (Lipinski definition) is 5. The maximum atomic E-state index is 9.84. The number of aliphatic carboxylic acids is 1. The van der Waals surface area contributed by atoms with E-state index in [4.69, 9.17) is 10.5 Å². The number of ether oxygens (including phenoxy) is 2. The Balaban J connectivity index is 0. The molecule has 2 N–H and O–H groups in total. The molecule has 0 radical (unpaired) electrons. The smallest absolute Gasteiger partial charge is 0.548 e. The van der Waals surface area contributed by atoms with Crippen LogP contribution in [0.15, 0.2) is 0 Å². The molecule has 0 aromatic heterocycles. The van der Waals surface area contributed by atoms with E-state index in [0.717, 1.165) is 0 Å². The Hall–Kier alpha value is 0.350. The van der Waals surface area contributed by atoms with Gasteiger partial charge >= 0.3 is 29.6 Å². The summed E-state index contributed by atoms with van der Waals surface area (Å²) >= 11 is 0. The van der Waals surface area contributed by atoms with Gasteiger partial charge in [-0.25, -0.2) is 0 Å². The van der Waals surface area contributed by atoms with Crippen molar-refractivity contribution in [1.82, 2.24) is 0 Å². The van der Waals surface area contributed by atoms with Crippen molar-refractivity contribution in [3.8, 4) is 0 Å². The van der Waals surface area contributed by atoms with Crippen molar-refractivity contribution in [2.24, 2.45) is 5.73 Å². The number of carbonyl (C=O) groups is 1. The van der Waals surface area contributed by atoms with Gasteiger partial charge in [0.2, 0.25) is 0 Å². The minimum atomic E-state index is -1.22. The van der Waals surface area contributed by atoms with Gasteiger partial charge in [-0.05, 0) is 6.92 Å². The summed E-state index contributed by atoms with van der Waals surface area (Å²) in [4.78, 5) is 9.84. The predicted octanol–water partition coefficient (Wildman–Crippen LogP) is -4.88. The van der Waals surface area contributed by atoms with E-state index in [0.29, 0.717) is 13.2 Å². The number of carbonyl (C=O) groups excluding carboxylic acids is 1. The van der Waals surface area contributed by atoms with Gasteiger partial charge in [-0.2, -0.15) is 0 Å². The molecule has 1 unspecified atom stereocenters. The third-order valence-corrected chi connectivity index (χ3v) is 0.973. The minimum absolute atomic E-state index is 0. The van der Waals surface area contributed by atoms with Crippen LogP contribution in [0.1, 0.15) is 6.92 Å². The molecule has 5 nitrogen and oxygen atoms in total. The first-order valence-electron chi connectivity index (χ1n) is 3.74. The molecular weight excluding hydrogens is 185 g/mol. The van der Waals surface area contributed by atoms with Crippen molar-refractivity contribution in [2.45, 2.75) is 13.0 Å². The molecule has 0 aliphatic carbocycles. The molecule has 0 aliphatic heterocycles. The number of hydrogen-bond donors (Lipinski definition) is 1. The number of nitrogens with two attached hydrogens (primary N) is 1. The predicted molar refractivity (Wildman–Crippen MR) is 40.3 cm³/mol. The van der Waals surface area contributed by atoms with Crippen LogP contribution in [0.3, 0.4) is 0 Å². The van der Waals surface area contributed by atoms with Gasteiger partial charge in [-0.3, -0.25) is 0 Å². The molecule has 0 amide bonds. The van der Waals surface area contributed by atoms with E-state index in [-0.39, 0.29) is 48.8 Å². The van der Waals surface area contributed by atoms with Gasteiger partial charge < -0.3 is 25.1 Å². The average molecular weight is 199 g/mol. The molecule has 0 bridgehead atoms. The second-order valence-corrected chi connectivity index (χ2v) is 2.48. The van der Waals surface area contributed by atoms with Crippen molar-refractivity contribution < 1.29 is 48.9 Å². The van der Waals surface area contributed by atoms with Crippen LogP contribution in [0.4, 0.5) is 0 Å². The SMILES string of the molecule is CC(N)COCCOCC(=O)[O-].[Na+]. The Morgan fingerprint density at radius 3 is 2.46 bits per heavy atom. The van der Waals surface area contributed by atoms with Crippen LogP contribution in [-0.4, -0.2) is 38.4 Å². The molecule has 0 saturated carbocycles. The summed E-state index contributed by atoms with van der Waals surface area (Å²) in [5.74, 6) is -1.22. The van der Waals surface area contributed by atoms with Crippen LogP contribution in [0.5, 0.6) is 0 Å². The molecule has 0 aromatic rings. The van der Waals surface area contributed by atoms with Crippen LogP contribution in [0, 0.1) is 0 Å². The molecule has 0 rings (SSSR count). The summed E-state index contributed by atoms with van der Waals surface area (Å²) in [5, 5.41) is 9.84. The molecule has 6 heteroatoms. The van der Waals surface area contributed by atoms with E-state index in [2.05, 4.69) is 4.74 Å². The largest absolute Gasteiger partial charge is 1.00 e. The fourth-order valence-corrected chi connectivity index (χ4v) is 0.543. The summed E-state index contributed by atoms with van der Waals surface area (Å²) in [5.41, 5.74) is 5.39. The van der Waals surface area contributed by atoms with E-state index < -0.39 is 5.97 Å². The van der Waals surface area contributed by atoms with Gasteiger partial charge in [0.05, 0.1) is 32.4 Å². The Morgan fingerprint density at radius 2 is 2.00 bits per heavy atom. The Bertz CT molecular complexity index is 132. The van der Waals surface area contributed by atoms with E-state index in [1.807, 2.05) is 6.92 Å². The molecule has 0 saturated heterocycles. The summed E-state index contributed by atoms with van der Waals surface area (Å²) in [7, 11) is 0. The van der Waals surface area contributed by atoms with Gasteiger partial charge in [0.1, 0.15) is 0 Å². The fourth-order valence-electron chi connectivity index (χ4n) is 0.543. The Kier molecular flexibility index (Phi) is 12.7. The van der Waals surface area contributed by atoms with Crippen LogP contribution >= 0.6 is 0 Å². The molecule has 0 aliphatic rings. The van der Waals surface area contributed by atoms with Crippen molar-refractivity contribution in [3.05, 3.63) is 0 Å². The topological polar surface area (TPSA) is 84.6 Å². The van der Waals surface area contributed by atoms with Crippen molar-refractivity contribution >= 4 is 5.97 Å². The second-order valence-electron chi connectivity index (χ2n) is 2.48. The molecule has 1 atom stereocenters. The third-order valence-electron chi connectivity index (χ3n) is 0.973. The first-order valence-corrected chi connectivity index (χ1v) is 3.74. The zero-order valence-electron chi connectivity index (χ0n) is 8.12. The third kappa shape index (κ3) is 15.1. The van der Waals surface area contributed by atoms with Gasteiger partial charge in [-0.1, -0.05) is 0 Å². The summed E-state index contributed by atoms with van der Waals surface area (Å²) in [6.45, 7) is 2.49. The first kappa shape index (κ1) is 15.8. The molecule has 0 heterocycles. The second kappa shape index (κ2) is 10.4. The van der Waals surface area contributed by atoms with E-state index in [1.54, 1.807) is 0 Å². The zero-order chi connectivity index (χ0) is 9.40. The monoisotopic (exact) mass is 199 g/mol. The molecule has 0 spiro atoms. The van der Waals surface area contributed by atoms with Crippen LogP contribution in [0.2, 0.25) is 0 Å². The fraction of sp³-hybridized carbons (Fsp3) is 0.857. The molecule has 0 fully saturated rings. The van der Waals surface area contributed by atoms with Crippen LogP contribution in [-0.2, 0) is 14.3 Å². The minimum Gasteiger partial charge on any atom is -0.548 e. The first-order chi connectivity index (χ1) is 5.63. The van der Waals surface area contributed by atoms with Crippen LogP contribution in [0.25, 0.3) is 0 Å². The quantitative estimate of drug-likeness (QED) is 0.328. The standard InChI is InChI=1S/C7H15NO4.Na/c1-6(8)4-11-2-3-12-5-7(9)10;/h6H,2-5,8H2,1H3,(H,9,10);/q;+1/p-1. The molecule has 72 valence electrons. The number of rotatable bonds is 7. The van der Waals surface area contributed by atoms with E-state index in [9.17, 15) is 9.90 Å². The summed E-state index contributed by atoms with van der Waals surface area (Å²) < 4.78 is 9.66.